The number of carboxylic acids is 1. The Morgan fingerprint density at radius 3 is 1.95 bits per heavy atom. The molecule has 15 nitrogen and oxygen atoms in total. The van der Waals surface area contributed by atoms with E-state index in [1.807, 2.05) is 18.2 Å². The van der Waals surface area contributed by atoms with Crippen LogP contribution in [0.5, 0.6) is 0 Å². The quantitative estimate of drug-likeness (QED) is 0.220. The van der Waals surface area contributed by atoms with Gasteiger partial charge in [-0.05, 0) is 83.2 Å². The minimum absolute atomic E-state index is 0.00387. The Morgan fingerprint density at radius 2 is 1.24 bits per heavy atom. The predicted octanol–water partition coefficient (Wildman–Crippen LogP) is 3.08. The molecule has 3 aromatic rings. The Kier molecular flexibility index (Phi) is 11.7. The van der Waals surface area contributed by atoms with Gasteiger partial charge in [-0.3, -0.25) is 19.3 Å². The van der Waals surface area contributed by atoms with E-state index in [0.29, 0.717) is 56.0 Å². The number of aliphatic hydroxyl groups is 3. The molecule has 0 radical (unpaired) electrons. The van der Waals surface area contributed by atoms with Crippen LogP contribution in [0.2, 0.25) is 0 Å². The van der Waals surface area contributed by atoms with Crippen molar-refractivity contribution < 1.29 is 44.3 Å². The molecule has 1 amide bonds. The molecule has 13 rings (SSSR count). The molecule has 3 saturated carbocycles. The molecule has 7 aliphatic heterocycles. The number of nitrogens with zero attached hydrogens (tertiary/aromatic N) is 4. The molecular formula is C51H62N6O9. The maximum Gasteiger partial charge on any atom is 0.335 e. The maximum absolute atomic E-state index is 12.4. The van der Waals surface area contributed by atoms with Gasteiger partial charge in [-0.2, -0.15) is 0 Å². The summed E-state index contributed by atoms with van der Waals surface area (Å²) in [6, 6.07) is 18.9. The summed E-state index contributed by atoms with van der Waals surface area (Å²) in [6.07, 6.45) is -0.126. The summed E-state index contributed by atoms with van der Waals surface area (Å²) in [7, 11) is 0. The number of ketones is 2. The average Bonchev–Trinajstić information content (AvgIpc) is 3.94. The standard InChI is InChI=1S/C21H26N2O7.2C15H18N2O/c24-14-5-4-11-12-3-1-2-10-8-23(7-6-22(15(10)12)9-13(11)14)20-18(27)16(25)17(26)19(30-20)21(28)29;18-15-13-6-2-5-12-11-4-1-3-10(11)9-17(14(12)13)8-7-16-15;18-14-5-4-11-12-3-1-2-10-8-16-6-7-17(15(10)12)9-13(11)14/h1-3,11,13,16-20,25-27H,4-9H2,(H,28,29);2,5-6,10-11H,1,3-4,7-9H2,(H,16,18);1-3,11,13,16H,4-9H2/t11-,13+,16?,17?,18?,19?,20?;10-,11-;11-,13+/m101/s1. The van der Waals surface area contributed by atoms with Crippen LogP contribution in [0.1, 0.15) is 101 Å². The highest BCUT2D eigenvalue weighted by Gasteiger charge is 2.50. The molecule has 1 saturated heterocycles. The number of amides is 1. The number of para-hydroxylation sites is 3. The topological polar surface area (TPSA) is 195 Å². The second-order valence-corrected chi connectivity index (χ2v) is 20.2. The number of benzene rings is 3. The summed E-state index contributed by atoms with van der Waals surface area (Å²) < 4.78 is 5.55. The number of anilines is 3. The van der Waals surface area contributed by atoms with E-state index in [9.17, 15) is 39.6 Å². The minimum atomic E-state index is -1.71. The molecule has 0 spiro atoms. The van der Waals surface area contributed by atoms with Gasteiger partial charge in [-0.15, -0.1) is 0 Å². The Bertz CT molecular complexity index is 2410. The molecule has 4 fully saturated rings. The second kappa shape index (κ2) is 17.6. The number of aliphatic carboxylic acids is 1. The first kappa shape index (κ1) is 43.7. The number of aliphatic hydroxyl groups excluding tert-OH is 3. The number of carbonyl (C=O) groups excluding carboxylic acids is 3. The van der Waals surface area contributed by atoms with Crippen LogP contribution in [0.4, 0.5) is 17.1 Å². The lowest BCUT2D eigenvalue weighted by atomic mass is 9.82. The molecule has 0 bridgehead atoms. The van der Waals surface area contributed by atoms with Gasteiger partial charge in [0.05, 0.1) is 11.3 Å². The summed E-state index contributed by atoms with van der Waals surface area (Å²) in [6.45, 7) is 8.92. The first-order valence-corrected chi connectivity index (χ1v) is 24.4. The summed E-state index contributed by atoms with van der Waals surface area (Å²) in [5.41, 5.74) is 11.1. The number of carboxylic acid groups (broad SMARTS) is 1. The van der Waals surface area contributed by atoms with E-state index in [-0.39, 0.29) is 23.7 Å². The van der Waals surface area contributed by atoms with E-state index in [2.05, 4.69) is 61.7 Å². The van der Waals surface area contributed by atoms with Gasteiger partial charge in [-0.1, -0.05) is 55.0 Å². The lowest BCUT2D eigenvalue weighted by Gasteiger charge is -2.43. The normalized spacial score (nSPS) is 33.7. The number of carbonyl (C=O) groups is 4. The highest BCUT2D eigenvalue weighted by atomic mass is 16.6. The average molecular weight is 903 g/mol. The Hall–Kier alpha value is -4.90. The molecule has 10 aliphatic rings. The van der Waals surface area contributed by atoms with Crippen LogP contribution in [-0.4, -0.2) is 138 Å². The minimum Gasteiger partial charge on any atom is -0.479 e. The highest BCUT2D eigenvalue weighted by molar-refractivity contribution is 6.01. The van der Waals surface area contributed by atoms with Crippen LogP contribution in [-0.2, 0) is 32.2 Å². The van der Waals surface area contributed by atoms with Crippen molar-refractivity contribution in [3.63, 3.8) is 0 Å². The molecular weight excluding hydrogens is 841 g/mol. The van der Waals surface area contributed by atoms with Gasteiger partial charge >= 0.3 is 5.97 Å². The molecule has 11 atom stereocenters. The second-order valence-electron chi connectivity index (χ2n) is 20.2. The molecule has 3 aromatic carbocycles. The number of hydrogen-bond acceptors (Lipinski definition) is 13. The van der Waals surface area contributed by atoms with Gasteiger partial charge in [0, 0.05) is 108 Å². The predicted molar refractivity (Wildman–Crippen MR) is 246 cm³/mol. The highest BCUT2D eigenvalue weighted by Crippen LogP contribution is 2.51. The van der Waals surface area contributed by atoms with Crippen LogP contribution in [0.25, 0.3) is 0 Å². The van der Waals surface area contributed by atoms with Gasteiger partial charge in [0.25, 0.3) is 5.91 Å². The fourth-order valence-electron chi connectivity index (χ4n) is 13.6. The fraction of sp³-hybridized carbons (Fsp3) is 0.569. The van der Waals surface area contributed by atoms with Gasteiger partial charge in [-0.25, -0.2) is 4.79 Å². The largest absolute Gasteiger partial charge is 0.479 e. The number of rotatable bonds is 2. The fourth-order valence-corrected chi connectivity index (χ4v) is 13.6. The van der Waals surface area contributed by atoms with E-state index in [0.717, 1.165) is 87.8 Å². The van der Waals surface area contributed by atoms with Crippen LogP contribution >= 0.6 is 0 Å². The third kappa shape index (κ3) is 7.50. The molecule has 3 aliphatic carbocycles. The zero-order valence-electron chi connectivity index (χ0n) is 37.4. The zero-order chi connectivity index (χ0) is 45.4. The third-order valence-corrected chi connectivity index (χ3v) is 16.7. The van der Waals surface area contributed by atoms with Crippen LogP contribution in [0.3, 0.4) is 0 Å². The zero-order valence-corrected chi connectivity index (χ0v) is 37.4. The SMILES string of the molecule is O=C(O)C1OC(N2CCN3C[C@@H]4C(=O)CC[C@@H]4c4cccc(c43)C2)C(O)C(O)C1O.O=C1CC[C@@H]2c3cccc4c3N(CCNC4)C[C@H]12.O=C1NCCN2C[C@@H]3CCC[C@@H]3c3cccc1c32. The number of fused-ring (bicyclic) bond motifs is 6. The van der Waals surface area contributed by atoms with Crippen LogP contribution in [0, 0.1) is 17.8 Å². The van der Waals surface area contributed by atoms with E-state index in [1.165, 1.54) is 52.9 Å². The smallest absolute Gasteiger partial charge is 0.335 e. The van der Waals surface area contributed by atoms with Crippen molar-refractivity contribution in [3.05, 3.63) is 88.0 Å². The molecule has 0 aromatic heterocycles. The summed E-state index contributed by atoms with van der Waals surface area (Å²) in [5.74, 6) is 1.99. The summed E-state index contributed by atoms with van der Waals surface area (Å²) >= 11 is 0. The Labute approximate surface area is 385 Å². The van der Waals surface area contributed by atoms with Crippen molar-refractivity contribution >= 4 is 40.5 Å². The van der Waals surface area contributed by atoms with Gasteiger partial charge in [0.15, 0.2) is 6.10 Å². The van der Waals surface area contributed by atoms with Crippen molar-refractivity contribution in [1.29, 1.82) is 0 Å². The van der Waals surface area contributed by atoms with Gasteiger partial charge in [0.2, 0.25) is 0 Å². The number of nitrogens with one attached hydrogen (secondary N) is 2. The first-order valence-electron chi connectivity index (χ1n) is 24.4. The summed E-state index contributed by atoms with van der Waals surface area (Å²) in [4.78, 5) is 56.9. The molecule has 7 heterocycles. The van der Waals surface area contributed by atoms with E-state index in [4.69, 9.17) is 4.74 Å². The molecule has 5 unspecified atom stereocenters. The number of hydrogen-bond donors (Lipinski definition) is 6. The lowest BCUT2D eigenvalue weighted by Crippen LogP contribution is -2.64. The molecule has 66 heavy (non-hydrogen) atoms. The number of Topliss-reactive ketones (excluding diaryl/α,β-unsaturated/α-hetero) is 2. The van der Waals surface area contributed by atoms with E-state index in [1.54, 1.807) is 4.90 Å². The van der Waals surface area contributed by atoms with Crippen molar-refractivity contribution in [2.45, 2.75) is 106 Å². The van der Waals surface area contributed by atoms with Crippen molar-refractivity contribution in [2.75, 3.05) is 73.6 Å². The van der Waals surface area contributed by atoms with Crippen LogP contribution in [0.15, 0.2) is 54.6 Å². The maximum atomic E-state index is 12.4. The van der Waals surface area contributed by atoms with Gasteiger partial charge < -0.3 is 50.5 Å². The van der Waals surface area contributed by atoms with Crippen LogP contribution < -0.4 is 25.3 Å². The van der Waals surface area contributed by atoms with Crippen molar-refractivity contribution in [2.24, 2.45) is 17.8 Å². The van der Waals surface area contributed by atoms with E-state index < -0.39 is 36.6 Å². The van der Waals surface area contributed by atoms with E-state index >= 15 is 0 Å². The lowest BCUT2D eigenvalue weighted by molar-refractivity contribution is -0.260. The number of ether oxygens (including phenoxy) is 1. The third-order valence-electron chi connectivity index (χ3n) is 16.7. The van der Waals surface area contributed by atoms with Crippen molar-refractivity contribution in [1.82, 2.24) is 15.5 Å². The first-order chi connectivity index (χ1) is 32.0. The van der Waals surface area contributed by atoms with Gasteiger partial charge in [0.1, 0.15) is 36.1 Å². The Balaban J connectivity index is 0.000000115. The van der Waals surface area contributed by atoms with Crippen molar-refractivity contribution in [3.8, 4) is 0 Å². The summed E-state index contributed by atoms with van der Waals surface area (Å²) in [5, 5.41) is 46.5. The molecule has 15 heteroatoms. The molecule has 6 N–H and O–H groups in total. The Morgan fingerprint density at radius 1 is 0.621 bits per heavy atom. The molecule has 350 valence electrons. The monoisotopic (exact) mass is 902 g/mol.